The van der Waals surface area contributed by atoms with Crippen molar-refractivity contribution in [2.45, 2.75) is 32.6 Å². The fraction of sp³-hybridized carbons (Fsp3) is 0.462. The molecule has 0 radical (unpaired) electrons. The second kappa shape index (κ2) is 6.04. The van der Waals surface area contributed by atoms with Crippen molar-refractivity contribution in [2.24, 2.45) is 0 Å². The van der Waals surface area contributed by atoms with Crippen molar-refractivity contribution >= 4 is 22.2 Å². The smallest absolute Gasteiger partial charge is 0.123 e. The van der Waals surface area contributed by atoms with Crippen molar-refractivity contribution in [1.29, 1.82) is 0 Å². The summed E-state index contributed by atoms with van der Waals surface area (Å²) in [6, 6.07) is 4.04. The molecule has 0 spiro atoms. The van der Waals surface area contributed by atoms with Crippen LogP contribution >= 0.6 is 15.9 Å². The predicted octanol–water partition coefficient (Wildman–Crippen LogP) is 3.71. The summed E-state index contributed by atoms with van der Waals surface area (Å²) in [7, 11) is 1.68. The number of aldehydes is 1. The minimum atomic E-state index is 0.393. The molecule has 1 rings (SSSR count). The number of carbonyl (C=O) groups excluding carboxylic acids is 1. The molecular weight excluding hydrogens is 268 g/mol. The van der Waals surface area contributed by atoms with E-state index in [9.17, 15) is 4.79 Å². The lowest BCUT2D eigenvalue weighted by Gasteiger charge is -2.17. The maximum absolute atomic E-state index is 10.5. The third-order valence-electron chi connectivity index (χ3n) is 2.52. The van der Waals surface area contributed by atoms with E-state index in [0.717, 1.165) is 22.9 Å². The van der Waals surface area contributed by atoms with E-state index in [1.165, 1.54) is 11.1 Å². The summed E-state index contributed by atoms with van der Waals surface area (Å²) in [5.41, 5.74) is 2.39. The Morgan fingerprint density at radius 3 is 2.62 bits per heavy atom. The summed E-state index contributed by atoms with van der Waals surface area (Å²) in [4.78, 5) is 10.5. The first-order chi connectivity index (χ1) is 7.60. The first-order valence-electron chi connectivity index (χ1n) is 5.40. The fourth-order valence-electron chi connectivity index (χ4n) is 1.89. The Morgan fingerprint density at radius 2 is 2.12 bits per heavy atom. The van der Waals surface area contributed by atoms with Crippen LogP contribution in [-0.2, 0) is 11.2 Å². The molecule has 0 atom stereocenters. The van der Waals surface area contributed by atoms with Crippen LogP contribution in [0.1, 0.15) is 37.3 Å². The first-order valence-corrected chi connectivity index (χ1v) is 6.19. The zero-order chi connectivity index (χ0) is 12.1. The Labute approximate surface area is 105 Å². The third-order valence-corrected chi connectivity index (χ3v) is 2.98. The Hall–Kier alpha value is -0.830. The molecule has 0 bridgehead atoms. The van der Waals surface area contributed by atoms with Gasteiger partial charge in [-0.3, -0.25) is 0 Å². The normalized spacial score (nSPS) is 10.6. The summed E-state index contributed by atoms with van der Waals surface area (Å²) in [6.45, 7) is 4.27. The maximum atomic E-state index is 10.5. The van der Waals surface area contributed by atoms with Gasteiger partial charge in [-0.25, -0.2) is 0 Å². The van der Waals surface area contributed by atoms with Gasteiger partial charge in [0.25, 0.3) is 0 Å². The average Bonchev–Trinajstić information content (AvgIpc) is 2.24. The first kappa shape index (κ1) is 13.2. The van der Waals surface area contributed by atoms with E-state index in [-0.39, 0.29) is 0 Å². The lowest BCUT2D eigenvalue weighted by Crippen LogP contribution is -2.01. The molecular formula is C13H17BrO2. The summed E-state index contributed by atoms with van der Waals surface area (Å²) >= 11 is 3.46. The van der Waals surface area contributed by atoms with Crippen molar-refractivity contribution in [3.63, 3.8) is 0 Å². The molecule has 0 aromatic heterocycles. The number of methoxy groups -OCH3 is 1. The molecule has 0 amide bonds. The van der Waals surface area contributed by atoms with Crippen molar-refractivity contribution in [2.75, 3.05) is 7.11 Å². The van der Waals surface area contributed by atoms with Crippen LogP contribution in [-0.4, -0.2) is 13.4 Å². The van der Waals surface area contributed by atoms with Crippen molar-refractivity contribution < 1.29 is 9.53 Å². The lowest BCUT2D eigenvalue weighted by molar-refractivity contribution is -0.107. The van der Waals surface area contributed by atoms with Gasteiger partial charge in [0.15, 0.2) is 0 Å². The van der Waals surface area contributed by atoms with Gasteiger partial charge < -0.3 is 9.53 Å². The standard InChI is InChI=1S/C13H17BrO2/c1-9(2)13-10(5-4-6-15)7-11(14)8-12(13)16-3/h6-9H,4-5H2,1-3H3. The minimum absolute atomic E-state index is 0.393. The third kappa shape index (κ3) is 3.08. The van der Waals surface area contributed by atoms with E-state index in [1.54, 1.807) is 7.11 Å². The average molecular weight is 285 g/mol. The molecule has 0 unspecified atom stereocenters. The molecule has 0 saturated carbocycles. The van der Waals surface area contributed by atoms with Crippen LogP contribution in [0.25, 0.3) is 0 Å². The molecule has 0 N–H and O–H groups in total. The number of aryl methyl sites for hydroxylation is 1. The van der Waals surface area contributed by atoms with Gasteiger partial charge in [-0.05, 0) is 35.6 Å². The van der Waals surface area contributed by atoms with E-state index in [1.807, 2.05) is 6.07 Å². The minimum Gasteiger partial charge on any atom is -0.496 e. The van der Waals surface area contributed by atoms with Gasteiger partial charge in [-0.15, -0.1) is 0 Å². The number of rotatable bonds is 5. The summed E-state index contributed by atoms with van der Waals surface area (Å²) in [6.07, 6.45) is 2.28. The molecule has 16 heavy (non-hydrogen) atoms. The Kier molecular flexibility index (Phi) is 5.00. The Morgan fingerprint density at radius 1 is 1.44 bits per heavy atom. The van der Waals surface area contributed by atoms with Gasteiger partial charge in [0.1, 0.15) is 12.0 Å². The highest BCUT2D eigenvalue weighted by Gasteiger charge is 2.13. The van der Waals surface area contributed by atoms with Crippen LogP contribution in [0, 0.1) is 0 Å². The van der Waals surface area contributed by atoms with E-state index in [4.69, 9.17) is 4.74 Å². The number of ether oxygens (including phenoxy) is 1. The van der Waals surface area contributed by atoms with Gasteiger partial charge >= 0.3 is 0 Å². The zero-order valence-corrected chi connectivity index (χ0v) is 11.5. The van der Waals surface area contributed by atoms with Crippen LogP contribution in [0.3, 0.4) is 0 Å². The monoisotopic (exact) mass is 284 g/mol. The number of hydrogen-bond donors (Lipinski definition) is 0. The molecule has 0 aliphatic rings. The predicted molar refractivity (Wildman–Crippen MR) is 69.2 cm³/mol. The van der Waals surface area contributed by atoms with Crippen molar-refractivity contribution in [3.8, 4) is 5.75 Å². The van der Waals surface area contributed by atoms with Crippen LogP contribution in [0.2, 0.25) is 0 Å². The van der Waals surface area contributed by atoms with Gasteiger partial charge in [0.05, 0.1) is 7.11 Å². The number of hydrogen-bond acceptors (Lipinski definition) is 2. The Bertz CT molecular complexity index is 372. The topological polar surface area (TPSA) is 26.3 Å². The van der Waals surface area contributed by atoms with Gasteiger partial charge in [-0.2, -0.15) is 0 Å². The van der Waals surface area contributed by atoms with Crippen LogP contribution < -0.4 is 4.74 Å². The van der Waals surface area contributed by atoms with Crippen LogP contribution in [0.4, 0.5) is 0 Å². The highest BCUT2D eigenvalue weighted by molar-refractivity contribution is 9.10. The molecule has 0 saturated heterocycles. The Balaban J connectivity index is 3.20. The van der Waals surface area contributed by atoms with E-state index in [0.29, 0.717) is 12.3 Å². The zero-order valence-electron chi connectivity index (χ0n) is 9.92. The van der Waals surface area contributed by atoms with E-state index < -0.39 is 0 Å². The number of halogens is 1. The molecule has 1 aromatic rings. The van der Waals surface area contributed by atoms with Gasteiger partial charge in [0, 0.05) is 10.9 Å². The van der Waals surface area contributed by atoms with Crippen molar-refractivity contribution in [1.82, 2.24) is 0 Å². The molecule has 1 aromatic carbocycles. The van der Waals surface area contributed by atoms with E-state index in [2.05, 4.69) is 35.8 Å². The highest BCUT2D eigenvalue weighted by Crippen LogP contribution is 2.33. The quantitative estimate of drug-likeness (QED) is 0.771. The molecule has 0 heterocycles. The van der Waals surface area contributed by atoms with Gasteiger partial charge in [-0.1, -0.05) is 29.8 Å². The molecule has 0 fully saturated rings. The maximum Gasteiger partial charge on any atom is 0.123 e. The van der Waals surface area contributed by atoms with Gasteiger partial charge in [0.2, 0.25) is 0 Å². The number of carbonyl (C=O) groups is 1. The lowest BCUT2D eigenvalue weighted by atomic mass is 9.93. The van der Waals surface area contributed by atoms with Crippen molar-refractivity contribution in [3.05, 3.63) is 27.7 Å². The molecule has 88 valence electrons. The van der Waals surface area contributed by atoms with E-state index >= 15 is 0 Å². The summed E-state index contributed by atoms with van der Waals surface area (Å²) in [5.74, 6) is 1.29. The molecule has 0 aliphatic carbocycles. The summed E-state index contributed by atoms with van der Waals surface area (Å²) < 4.78 is 6.38. The number of benzene rings is 1. The van der Waals surface area contributed by atoms with Crippen LogP contribution in [0.5, 0.6) is 5.75 Å². The molecule has 0 aliphatic heterocycles. The SMILES string of the molecule is COc1cc(Br)cc(CCC=O)c1C(C)C. The molecule has 2 nitrogen and oxygen atoms in total. The summed E-state index contributed by atoms with van der Waals surface area (Å²) in [5, 5.41) is 0. The fourth-order valence-corrected chi connectivity index (χ4v) is 2.38. The second-order valence-electron chi connectivity index (χ2n) is 4.04. The second-order valence-corrected chi connectivity index (χ2v) is 4.96. The molecule has 3 heteroatoms. The van der Waals surface area contributed by atoms with Crippen LogP contribution in [0.15, 0.2) is 16.6 Å². The highest BCUT2D eigenvalue weighted by atomic mass is 79.9. The largest absolute Gasteiger partial charge is 0.496 e.